The summed E-state index contributed by atoms with van der Waals surface area (Å²) in [5.74, 6) is 0. The zero-order valence-electron chi connectivity index (χ0n) is 30.8. The number of hydrogen-bond donors (Lipinski definition) is 0. The lowest BCUT2D eigenvalue weighted by Gasteiger charge is -2.44. The Labute approximate surface area is 237 Å². The zero-order valence-corrected chi connectivity index (χ0v) is 22.6. The number of benzene rings is 5. The lowest BCUT2D eigenvalue weighted by Crippen LogP contribution is -2.46. The number of rotatable bonds is 2. The van der Waals surface area contributed by atoms with Crippen LogP contribution in [0.1, 0.15) is 30.4 Å². The molecular weight excluding hydrogens is 504 g/mol. The smallest absolute Gasteiger partial charge is 0.175 e. The minimum absolute atomic E-state index is 0.0768. The van der Waals surface area contributed by atoms with Crippen LogP contribution >= 0.6 is 14.3 Å². The fourth-order valence-corrected chi connectivity index (χ4v) is 11.5. The van der Waals surface area contributed by atoms with E-state index in [2.05, 4.69) is 0 Å². The third kappa shape index (κ3) is 3.04. The summed E-state index contributed by atoms with van der Waals surface area (Å²) in [6.45, 7) is 5.27. The summed E-state index contributed by atoms with van der Waals surface area (Å²) in [5.41, 5.74) is 2.82. The maximum Gasteiger partial charge on any atom is 0.175 e. The third-order valence-corrected chi connectivity index (χ3v) is 13.0. The Morgan fingerprint density at radius 2 is 0.947 bits per heavy atom. The van der Waals surface area contributed by atoms with Gasteiger partial charge in [0.25, 0.3) is 0 Å². The molecule has 2 heterocycles. The van der Waals surface area contributed by atoms with E-state index in [4.69, 9.17) is 13.7 Å². The van der Waals surface area contributed by atoms with Crippen molar-refractivity contribution in [1.29, 1.82) is 0 Å². The molecule has 2 aliphatic heterocycles. The van der Waals surface area contributed by atoms with Crippen molar-refractivity contribution in [2.45, 2.75) is 20.8 Å². The van der Waals surface area contributed by atoms with Crippen molar-refractivity contribution in [1.82, 2.24) is 0 Å². The molecule has 5 heteroatoms. The molecule has 3 nitrogen and oxygen atoms in total. The molecule has 0 radical (unpaired) electrons. The van der Waals surface area contributed by atoms with Crippen molar-refractivity contribution in [2.24, 2.45) is 0 Å². The fourth-order valence-electron chi connectivity index (χ4n) is 5.51. The van der Waals surface area contributed by atoms with E-state index in [1.807, 2.05) is 0 Å². The molecular formula is C33H27NO2P2. The van der Waals surface area contributed by atoms with Gasteiger partial charge in [0.2, 0.25) is 0 Å². The molecule has 0 spiro atoms. The van der Waals surface area contributed by atoms with Gasteiger partial charge in [-0.15, -0.1) is 0 Å². The van der Waals surface area contributed by atoms with E-state index in [9.17, 15) is 0 Å². The van der Waals surface area contributed by atoms with Crippen molar-refractivity contribution in [3.8, 4) is 0 Å². The predicted octanol–water partition coefficient (Wildman–Crippen LogP) is 5.99. The van der Waals surface area contributed by atoms with Gasteiger partial charge in [-0.25, -0.2) is 0 Å². The molecule has 0 amide bonds. The number of nitrogens with zero attached hydrogens (tertiary/aromatic N) is 1. The molecule has 186 valence electrons. The lowest BCUT2D eigenvalue weighted by molar-refractivity contribution is 0.592. The van der Waals surface area contributed by atoms with E-state index in [0.29, 0.717) is 28.1 Å². The highest BCUT2D eigenvalue weighted by Crippen LogP contribution is 2.60. The highest BCUT2D eigenvalue weighted by Gasteiger charge is 2.49. The van der Waals surface area contributed by atoms with Crippen LogP contribution in [0.2, 0.25) is 0 Å². The van der Waals surface area contributed by atoms with Crippen molar-refractivity contribution in [3.63, 3.8) is 0 Å². The van der Waals surface area contributed by atoms with E-state index >= 15 is 9.13 Å². The van der Waals surface area contributed by atoms with Crippen LogP contribution in [0.25, 0.3) is 0 Å². The van der Waals surface area contributed by atoms with E-state index in [-0.39, 0.29) is 37.5 Å². The first-order chi connectivity index (χ1) is 22.5. The van der Waals surface area contributed by atoms with Crippen molar-refractivity contribution in [2.75, 3.05) is 4.90 Å². The van der Waals surface area contributed by atoms with Gasteiger partial charge in [-0.2, -0.15) is 0 Å². The highest BCUT2D eigenvalue weighted by atomic mass is 31.2. The van der Waals surface area contributed by atoms with Gasteiger partial charge in [0, 0.05) is 31.8 Å². The van der Waals surface area contributed by atoms with E-state index in [1.165, 1.54) is 0 Å². The maximum absolute atomic E-state index is 16.1. The van der Waals surface area contributed by atoms with Crippen molar-refractivity contribution < 1.29 is 22.8 Å². The Bertz CT molecular complexity index is 2210. The van der Waals surface area contributed by atoms with Gasteiger partial charge in [-0.1, -0.05) is 83.7 Å². The second-order valence-electron chi connectivity index (χ2n) is 9.64. The number of anilines is 3. The van der Waals surface area contributed by atoms with Crippen LogP contribution in [0.4, 0.5) is 17.1 Å². The van der Waals surface area contributed by atoms with Crippen molar-refractivity contribution in [3.05, 3.63) is 126 Å². The first kappa shape index (κ1) is 15.1. The lowest BCUT2D eigenvalue weighted by atomic mass is 10.1. The molecule has 2 atom stereocenters. The fraction of sp³-hybridized carbons (Fsp3) is 0.0909. The van der Waals surface area contributed by atoms with Gasteiger partial charge < -0.3 is 14.0 Å². The summed E-state index contributed by atoms with van der Waals surface area (Å²) in [6.07, 6.45) is 0. The molecule has 0 aliphatic carbocycles. The Morgan fingerprint density at radius 3 is 1.37 bits per heavy atom. The van der Waals surface area contributed by atoms with Crippen LogP contribution in [0.3, 0.4) is 0 Å². The normalized spacial score (nSPS) is 24.6. The monoisotopic (exact) mass is 541 g/mol. The standard InChI is InChI=1S/C33H27NO2P2/c1-22-14-16-27-29(18-22)37(35,25-10-6-4-7-11-25)31-20-24(3)21-32-33(31)34(27)28-17-15-23(2)19-30(28)38(32,36)26-12-8-5-9-13-26/h4-21H,1-3H3/i4D,5D,6D,7D,8D,9D,10D,11D,12D,13D. The molecule has 2 aliphatic rings. The summed E-state index contributed by atoms with van der Waals surface area (Å²) in [4.78, 5) is 1.78. The SMILES string of the molecule is [2H]c1c([2H])c([2H])c(P2(=O)c3cc(C)ccc3N3c4ccc(C)cc4P(=O)(c4c([2H])c([2H])c([2H])c([2H])c4[2H])c4cc(C)cc2c43)c([2H])c1[2H]. The summed E-state index contributed by atoms with van der Waals surface area (Å²) < 4.78 is 118. The molecule has 0 aromatic heterocycles. The Morgan fingerprint density at radius 1 is 0.553 bits per heavy atom. The van der Waals surface area contributed by atoms with Gasteiger partial charge in [0.15, 0.2) is 14.3 Å². The molecule has 0 saturated carbocycles. The molecule has 2 unspecified atom stereocenters. The van der Waals surface area contributed by atoms with Crippen molar-refractivity contribution >= 4 is 63.2 Å². The van der Waals surface area contributed by atoms with Gasteiger partial charge in [-0.3, -0.25) is 0 Å². The zero-order chi connectivity index (χ0) is 34.9. The second kappa shape index (κ2) is 8.18. The quantitative estimate of drug-likeness (QED) is 0.253. The summed E-state index contributed by atoms with van der Waals surface area (Å²) in [6, 6.07) is 7.24. The summed E-state index contributed by atoms with van der Waals surface area (Å²) >= 11 is 0. The number of hydrogen-bond acceptors (Lipinski definition) is 3. The largest absolute Gasteiger partial charge is 0.308 e. The van der Waals surface area contributed by atoms with E-state index in [1.54, 1.807) is 74.2 Å². The minimum Gasteiger partial charge on any atom is -0.308 e. The molecule has 0 saturated heterocycles. The van der Waals surface area contributed by atoms with Gasteiger partial charge in [0.1, 0.15) is 0 Å². The van der Waals surface area contributed by atoms with Crippen LogP contribution in [0, 0.1) is 20.8 Å². The Hall–Kier alpha value is -3.64. The molecule has 0 bridgehead atoms. The average Bonchev–Trinajstić information content (AvgIpc) is 3.05. The topological polar surface area (TPSA) is 37.4 Å². The van der Waals surface area contributed by atoms with E-state index in [0.717, 1.165) is 0 Å². The van der Waals surface area contributed by atoms with Crippen LogP contribution in [0.15, 0.2) is 109 Å². The predicted molar refractivity (Wildman–Crippen MR) is 161 cm³/mol. The van der Waals surface area contributed by atoms with Gasteiger partial charge in [0.05, 0.1) is 30.8 Å². The Balaban J connectivity index is 1.75. The van der Waals surface area contributed by atoms with Crippen LogP contribution in [-0.4, -0.2) is 0 Å². The average molecular weight is 542 g/mol. The molecule has 5 aromatic rings. The molecule has 7 rings (SSSR count). The summed E-state index contributed by atoms with van der Waals surface area (Å²) in [7, 11) is -8.74. The summed E-state index contributed by atoms with van der Waals surface area (Å²) in [5, 5.41) is -0.159. The maximum atomic E-state index is 16.1. The molecule has 5 aromatic carbocycles. The van der Waals surface area contributed by atoms with Gasteiger partial charge in [-0.05, 0) is 62.7 Å². The van der Waals surface area contributed by atoms with Crippen LogP contribution in [0.5, 0.6) is 0 Å². The molecule has 38 heavy (non-hydrogen) atoms. The third-order valence-electron chi connectivity index (χ3n) is 7.14. The molecule has 0 fully saturated rings. The van der Waals surface area contributed by atoms with E-state index < -0.39 is 74.7 Å². The number of aryl methyl sites for hydroxylation is 3. The first-order valence-corrected chi connectivity index (χ1v) is 15.4. The number of fused-ring (bicyclic) bond motifs is 4. The second-order valence-corrected chi connectivity index (χ2v) is 14.9. The van der Waals surface area contributed by atoms with Crippen LogP contribution < -0.4 is 36.7 Å². The van der Waals surface area contributed by atoms with Crippen LogP contribution in [-0.2, 0) is 9.13 Å². The first-order valence-electron chi connectivity index (χ1n) is 17.0. The van der Waals surface area contributed by atoms with Gasteiger partial charge >= 0.3 is 0 Å². The minimum atomic E-state index is -4.37. The Kier molecular flexibility index (Phi) is 3.24. The highest BCUT2D eigenvalue weighted by molar-refractivity contribution is 7.88. The molecule has 0 N–H and O–H groups in total.